The monoisotopic (exact) mass is 275 g/mol. The largest absolute Gasteiger partial charge is 0.409 e. The van der Waals surface area contributed by atoms with Gasteiger partial charge in [0.25, 0.3) is 0 Å². The van der Waals surface area contributed by atoms with Crippen LogP contribution in [-0.4, -0.2) is 51.1 Å². The van der Waals surface area contributed by atoms with Gasteiger partial charge in [-0.2, -0.15) is 0 Å². The van der Waals surface area contributed by atoms with Gasteiger partial charge in [-0.05, 0) is 12.1 Å². The maximum Gasteiger partial charge on any atom is 0.169 e. The Kier molecular flexibility index (Phi) is 3.53. The molecule has 0 aromatic carbocycles. The fourth-order valence-corrected chi connectivity index (χ4v) is 2.38. The second-order valence-electron chi connectivity index (χ2n) is 4.82. The summed E-state index contributed by atoms with van der Waals surface area (Å²) in [7, 11) is 0. The van der Waals surface area contributed by atoms with E-state index in [0.29, 0.717) is 13.2 Å². The Morgan fingerprint density at radius 3 is 3.25 bits per heavy atom. The van der Waals surface area contributed by atoms with Gasteiger partial charge in [0.15, 0.2) is 5.84 Å². The third kappa shape index (κ3) is 2.59. The van der Waals surface area contributed by atoms with Gasteiger partial charge < -0.3 is 20.1 Å². The number of amidine groups is 1. The van der Waals surface area contributed by atoms with Crippen LogP contribution in [0.25, 0.3) is 5.65 Å². The summed E-state index contributed by atoms with van der Waals surface area (Å²) >= 11 is 0. The molecule has 0 saturated carbocycles. The highest BCUT2D eigenvalue weighted by molar-refractivity contribution is 5.84. The maximum atomic E-state index is 8.71. The first kappa shape index (κ1) is 12.9. The van der Waals surface area contributed by atoms with Gasteiger partial charge in [0.1, 0.15) is 11.8 Å². The minimum absolute atomic E-state index is 0.115. The Bertz CT molecular complexity index is 591. The van der Waals surface area contributed by atoms with Crippen LogP contribution < -0.4 is 5.73 Å². The number of hydrogen-bond donors (Lipinski definition) is 2. The highest BCUT2D eigenvalue weighted by Gasteiger charge is 2.24. The number of fused-ring (bicyclic) bond motifs is 1. The van der Waals surface area contributed by atoms with Gasteiger partial charge in [-0.3, -0.25) is 4.90 Å². The average molecular weight is 275 g/mol. The zero-order valence-corrected chi connectivity index (χ0v) is 11.0. The topological polar surface area (TPSA) is 88.4 Å². The molecule has 3 rings (SSSR count). The molecule has 1 saturated heterocycles. The Balaban J connectivity index is 1.70. The maximum absolute atomic E-state index is 8.71. The number of imidazole rings is 1. The third-order valence-corrected chi connectivity index (χ3v) is 3.40. The Morgan fingerprint density at radius 1 is 1.55 bits per heavy atom. The second kappa shape index (κ2) is 5.48. The van der Waals surface area contributed by atoms with Crippen molar-refractivity contribution in [1.29, 1.82) is 0 Å². The lowest BCUT2D eigenvalue weighted by Gasteiger charge is -2.31. The van der Waals surface area contributed by atoms with Crippen molar-refractivity contribution < 1.29 is 9.94 Å². The van der Waals surface area contributed by atoms with Crippen LogP contribution in [0.2, 0.25) is 0 Å². The molecule has 3 heterocycles. The fourth-order valence-electron chi connectivity index (χ4n) is 2.38. The number of rotatable bonds is 3. The molecule has 20 heavy (non-hydrogen) atoms. The molecule has 1 aliphatic heterocycles. The minimum atomic E-state index is -0.356. The van der Waals surface area contributed by atoms with Crippen LogP contribution in [0.1, 0.15) is 5.69 Å². The van der Waals surface area contributed by atoms with E-state index in [9.17, 15) is 0 Å². The highest BCUT2D eigenvalue weighted by Crippen LogP contribution is 2.11. The quantitative estimate of drug-likeness (QED) is 0.363. The smallest absolute Gasteiger partial charge is 0.169 e. The van der Waals surface area contributed by atoms with E-state index < -0.39 is 0 Å². The summed E-state index contributed by atoms with van der Waals surface area (Å²) in [5.41, 5.74) is 7.52. The molecule has 1 aliphatic rings. The van der Waals surface area contributed by atoms with Crippen molar-refractivity contribution >= 4 is 11.5 Å². The number of nitrogens with zero attached hydrogens (tertiary/aromatic N) is 4. The summed E-state index contributed by atoms with van der Waals surface area (Å²) in [5, 5.41) is 11.7. The van der Waals surface area contributed by atoms with E-state index in [-0.39, 0.29) is 11.9 Å². The molecule has 106 valence electrons. The molecule has 2 aromatic heterocycles. The molecule has 0 amide bonds. The Morgan fingerprint density at radius 2 is 2.45 bits per heavy atom. The summed E-state index contributed by atoms with van der Waals surface area (Å²) in [6, 6.07) is 5.92. The van der Waals surface area contributed by atoms with Crippen molar-refractivity contribution in [3.05, 3.63) is 36.3 Å². The first-order valence-corrected chi connectivity index (χ1v) is 6.50. The molecule has 1 atom stereocenters. The van der Waals surface area contributed by atoms with Crippen molar-refractivity contribution in [3.8, 4) is 0 Å². The summed E-state index contributed by atoms with van der Waals surface area (Å²) in [6.45, 7) is 2.70. The van der Waals surface area contributed by atoms with Gasteiger partial charge in [-0.1, -0.05) is 11.2 Å². The van der Waals surface area contributed by atoms with Gasteiger partial charge >= 0.3 is 0 Å². The molecular weight excluding hydrogens is 258 g/mol. The van der Waals surface area contributed by atoms with Gasteiger partial charge in [0.2, 0.25) is 0 Å². The molecule has 7 heteroatoms. The van der Waals surface area contributed by atoms with Crippen LogP contribution in [0.3, 0.4) is 0 Å². The molecule has 0 aliphatic carbocycles. The standard InChI is InChI=1S/C13H17N5O2/c14-13(16-19)11-9-17(5-6-20-11)7-10-8-18-4-2-1-3-12(18)15-10/h1-4,8,11,19H,5-7,9H2,(H2,14,16). The molecule has 1 fully saturated rings. The summed E-state index contributed by atoms with van der Waals surface area (Å²) in [4.78, 5) is 6.75. The molecule has 1 unspecified atom stereocenters. The van der Waals surface area contributed by atoms with Crippen LogP contribution in [0, 0.1) is 0 Å². The number of aromatic nitrogens is 2. The van der Waals surface area contributed by atoms with Crippen LogP contribution in [-0.2, 0) is 11.3 Å². The van der Waals surface area contributed by atoms with Crippen LogP contribution in [0.5, 0.6) is 0 Å². The number of morpholine rings is 1. The molecule has 3 N–H and O–H groups in total. The molecular formula is C13H17N5O2. The molecule has 0 spiro atoms. The van der Waals surface area contributed by atoms with Crippen LogP contribution >= 0.6 is 0 Å². The second-order valence-corrected chi connectivity index (χ2v) is 4.82. The van der Waals surface area contributed by atoms with E-state index >= 15 is 0 Å². The SMILES string of the molecule is NC(=NO)C1CN(Cc2cn3ccccc3n2)CCO1. The van der Waals surface area contributed by atoms with E-state index in [1.54, 1.807) is 0 Å². The molecule has 0 bridgehead atoms. The van der Waals surface area contributed by atoms with Crippen molar-refractivity contribution in [3.63, 3.8) is 0 Å². The number of ether oxygens (including phenoxy) is 1. The molecule has 0 radical (unpaired) electrons. The van der Waals surface area contributed by atoms with E-state index in [1.807, 2.05) is 35.0 Å². The number of nitrogens with two attached hydrogens (primary N) is 1. The van der Waals surface area contributed by atoms with E-state index in [1.165, 1.54) is 0 Å². The van der Waals surface area contributed by atoms with Crippen LogP contribution in [0.15, 0.2) is 35.7 Å². The Hall–Kier alpha value is -2.12. The van der Waals surface area contributed by atoms with Gasteiger partial charge in [-0.15, -0.1) is 0 Å². The molecule has 2 aromatic rings. The van der Waals surface area contributed by atoms with Crippen molar-refractivity contribution in [2.45, 2.75) is 12.6 Å². The van der Waals surface area contributed by atoms with Gasteiger partial charge in [0, 0.05) is 32.0 Å². The number of pyridine rings is 1. The number of hydrogen-bond acceptors (Lipinski definition) is 5. The summed E-state index contributed by atoms with van der Waals surface area (Å²) in [6.07, 6.45) is 3.64. The van der Waals surface area contributed by atoms with Gasteiger partial charge in [0.05, 0.1) is 12.3 Å². The fraction of sp³-hybridized carbons (Fsp3) is 0.385. The van der Waals surface area contributed by atoms with E-state index in [2.05, 4.69) is 15.0 Å². The van der Waals surface area contributed by atoms with Crippen molar-refractivity contribution in [2.75, 3.05) is 19.7 Å². The van der Waals surface area contributed by atoms with Crippen molar-refractivity contribution in [2.24, 2.45) is 10.9 Å². The zero-order valence-electron chi connectivity index (χ0n) is 11.0. The van der Waals surface area contributed by atoms with E-state index in [0.717, 1.165) is 24.4 Å². The lowest BCUT2D eigenvalue weighted by Crippen LogP contribution is -2.48. The summed E-state index contributed by atoms with van der Waals surface area (Å²) < 4.78 is 7.47. The Labute approximate surface area is 116 Å². The summed E-state index contributed by atoms with van der Waals surface area (Å²) in [5.74, 6) is 0.115. The predicted molar refractivity (Wildman–Crippen MR) is 73.6 cm³/mol. The lowest BCUT2D eigenvalue weighted by atomic mass is 10.2. The molecule has 7 nitrogen and oxygen atoms in total. The zero-order chi connectivity index (χ0) is 13.9. The van der Waals surface area contributed by atoms with Crippen molar-refractivity contribution in [1.82, 2.24) is 14.3 Å². The number of oxime groups is 1. The average Bonchev–Trinajstić information content (AvgIpc) is 2.88. The first-order chi connectivity index (χ1) is 9.76. The minimum Gasteiger partial charge on any atom is -0.409 e. The lowest BCUT2D eigenvalue weighted by molar-refractivity contribution is 0.00103. The van der Waals surface area contributed by atoms with Gasteiger partial charge in [-0.25, -0.2) is 4.98 Å². The van der Waals surface area contributed by atoms with E-state index in [4.69, 9.17) is 15.7 Å². The highest BCUT2D eigenvalue weighted by atomic mass is 16.5. The normalized spacial score (nSPS) is 21.4. The predicted octanol–water partition coefficient (Wildman–Crippen LogP) is 0.281. The third-order valence-electron chi connectivity index (χ3n) is 3.40. The van der Waals surface area contributed by atoms with Crippen LogP contribution in [0.4, 0.5) is 0 Å². The first-order valence-electron chi connectivity index (χ1n) is 6.50.